The number of methoxy groups -OCH3 is 2. The Balaban J connectivity index is 2.47. The predicted octanol–water partition coefficient (Wildman–Crippen LogP) is 2.29. The number of carbonyl (C=O) groups is 2. The van der Waals surface area contributed by atoms with Gasteiger partial charge in [-0.15, -0.1) is 0 Å². The van der Waals surface area contributed by atoms with Gasteiger partial charge in [0.1, 0.15) is 11.4 Å². The van der Waals surface area contributed by atoms with Gasteiger partial charge in [-0.2, -0.15) is 0 Å². The van der Waals surface area contributed by atoms with Gasteiger partial charge in [-0.25, -0.2) is 9.59 Å². The van der Waals surface area contributed by atoms with Crippen LogP contribution in [0, 0.1) is 0 Å². The quantitative estimate of drug-likeness (QED) is 0.515. The summed E-state index contributed by atoms with van der Waals surface area (Å²) >= 11 is 0. The third-order valence-corrected chi connectivity index (χ3v) is 4.60. The van der Waals surface area contributed by atoms with Crippen LogP contribution < -0.4 is 10.9 Å². The van der Waals surface area contributed by atoms with E-state index in [0.717, 1.165) is 30.5 Å². The van der Waals surface area contributed by atoms with E-state index in [-0.39, 0.29) is 22.3 Å². The first-order valence-electron chi connectivity index (χ1n) is 8.83. The summed E-state index contributed by atoms with van der Waals surface area (Å²) in [5.74, 6) is -1.39. The molecule has 2 N–H and O–H groups in total. The van der Waals surface area contributed by atoms with Crippen LogP contribution in [0.1, 0.15) is 46.3 Å². The number of unbranched alkanes of at least 4 members (excludes halogenated alkanes) is 1. The highest BCUT2D eigenvalue weighted by Crippen LogP contribution is 2.24. The van der Waals surface area contributed by atoms with Crippen LogP contribution in [0.3, 0.4) is 0 Å². The molecule has 0 saturated heterocycles. The fourth-order valence-corrected chi connectivity index (χ4v) is 3.21. The van der Waals surface area contributed by atoms with Crippen LogP contribution in [0.25, 0.3) is 21.8 Å². The lowest BCUT2D eigenvalue weighted by atomic mass is 9.99. The number of rotatable bonds is 5. The van der Waals surface area contributed by atoms with Crippen molar-refractivity contribution in [3.8, 4) is 0 Å². The molecule has 8 nitrogen and oxygen atoms in total. The Labute approximate surface area is 159 Å². The third-order valence-electron chi connectivity index (χ3n) is 4.60. The summed E-state index contributed by atoms with van der Waals surface area (Å²) in [6, 6.07) is 3.96. The number of aromatic amines is 2. The number of benzene rings is 1. The molecule has 1 aromatic carbocycles. The molecule has 0 bridgehead atoms. The van der Waals surface area contributed by atoms with Gasteiger partial charge in [-0.05, 0) is 24.5 Å². The topological polar surface area (TPSA) is 118 Å². The van der Waals surface area contributed by atoms with Gasteiger partial charge in [-0.1, -0.05) is 13.3 Å². The van der Waals surface area contributed by atoms with Crippen LogP contribution in [0.4, 0.5) is 0 Å². The Morgan fingerprint density at radius 2 is 1.46 bits per heavy atom. The van der Waals surface area contributed by atoms with Crippen molar-refractivity contribution in [3.05, 3.63) is 55.6 Å². The molecule has 8 heteroatoms. The van der Waals surface area contributed by atoms with E-state index in [1.807, 2.05) is 6.92 Å². The number of hydrogen-bond donors (Lipinski definition) is 2. The van der Waals surface area contributed by atoms with E-state index in [0.29, 0.717) is 17.3 Å². The van der Waals surface area contributed by atoms with Crippen LogP contribution in [-0.4, -0.2) is 36.1 Å². The number of pyridine rings is 2. The smallest absolute Gasteiger partial charge is 0.354 e. The molecule has 0 aliphatic rings. The number of aromatic nitrogens is 2. The first kappa shape index (κ1) is 19.3. The minimum absolute atomic E-state index is 0.0172. The van der Waals surface area contributed by atoms with Gasteiger partial charge in [0.05, 0.1) is 30.6 Å². The zero-order chi connectivity index (χ0) is 20.4. The SMILES string of the molecule is CCCCc1cc2c(=O)cc(C(=O)OC)[nH]c2c2c(=O)cc(C(=O)OC)[nH]c12. The summed E-state index contributed by atoms with van der Waals surface area (Å²) in [6.45, 7) is 2.03. The molecule has 146 valence electrons. The van der Waals surface area contributed by atoms with Crippen molar-refractivity contribution < 1.29 is 19.1 Å². The number of aryl methyl sites for hydroxylation is 1. The lowest BCUT2D eigenvalue weighted by molar-refractivity contribution is 0.0586. The predicted molar refractivity (Wildman–Crippen MR) is 104 cm³/mol. The maximum Gasteiger partial charge on any atom is 0.354 e. The summed E-state index contributed by atoms with van der Waals surface area (Å²) in [7, 11) is 2.43. The lowest BCUT2D eigenvalue weighted by Gasteiger charge is -2.12. The molecule has 2 aromatic heterocycles. The normalized spacial score (nSPS) is 11.0. The molecule has 0 atom stereocenters. The van der Waals surface area contributed by atoms with Crippen molar-refractivity contribution in [2.75, 3.05) is 14.2 Å². The number of H-pyrrole nitrogens is 2. The summed E-state index contributed by atoms with van der Waals surface area (Å²) < 4.78 is 9.37. The van der Waals surface area contributed by atoms with Crippen LogP contribution in [-0.2, 0) is 15.9 Å². The Hall–Kier alpha value is -3.42. The monoisotopic (exact) mass is 384 g/mol. The minimum Gasteiger partial charge on any atom is -0.464 e. The fourth-order valence-electron chi connectivity index (χ4n) is 3.21. The Bertz CT molecular complexity index is 1210. The van der Waals surface area contributed by atoms with Gasteiger partial charge in [0, 0.05) is 17.5 Å². The highest BCUT2D eigenvalue weighted by atomic mass is 16.5. The standard InChI is InChI=1S/C20H20N2O6/c1-4-5-6-10-7-11-14(23)8-12(19(25)27-2)22-18(11)16-15(24)9-13(20(26)28-3)21-17(10)16/h7-9H,4-6H2,1-3H3,(H,21,24)(H,22,23). The second kappa shape index (κ2) is 7.67. The van der Waals surface area contributed by atoms with E-state index in [1.54, 1.807) is 6.07 Å². The third kappa shape index (κ3) is 3.28. The summed E-state index contributed by atoms with van der Waals surface area (Å²) in [6.07, 6.45) is 2.36. The maximum absolute atomic E-state index is 12.9. The highest BCUT2D eigenvalue weighted by molar-refractivity contribution is 6.07. The number of ether oxygens (including phenoxy) is 2. The Morgan fingerprint density at radius 3 is 2.04 bits per heavy atom. The molecule has 0 fully saturated rings. The van der Waals surface area contributed by atoms with E-state index < -0.39 is 22.8 Å². The van der Waals surface area contributed by atoms with Crippen LogP contribution >= 0.6 is 0 Å². The summed E-state index contributed by atoms with van der Waals surface area (Å²) in [5, 5.41) is 0.502. The highest BCUT2D eigenvalue weighted by Gasteiger charge is 2.18. The van der Waals surface area contributed by atoms with Crippen LogP contribution in [0.2, 0.25) is 0 Å². The van der Waals surface area contributed by atoms with Gasteiger partial charge in [0.15, 0.2) is 10.9 Å². The van der Waals surface area contributed by atoms with Crippen molar-refractivity contribution in [3.63, 3.8) is 0 Å². The molecule has 2 heterocycles. The van der Waals surface area contributed by atoms with E-state index in [4.69, 9.17) is 4.74 Å². The van der Waals surface area contributed by atoms with Crippen molar-refractivity contribution in [1.29, 1.82) is 0 Å². The second-order valence-corrected chi connectivity index (χ2v) is 6.39. The Morgan fingerprint density at radius 1 is 0.893 bits per heavy atom. The summed E-state index contributed by atoms with van der Waals surface area (Å²) in [4.78, 5) is 55.1. The fraction of sp³-hybridized carbons (Fsp3) is 0.300. The number of hydrogen-bond acceptors (Lipinski definition) is 6. The van der Waals surface area contributed by atoms with Crippen molar-refractivity contribution >= 4 is 33.7 Å². The first-order chi connectivity index (χ1) is 13.4. The second-order valence-electron chi connectivity index (χ2n) is 6.39. The zero-order valence-corrected chi connectivity index (χ0v) is 15.8. The van der Waals surface area contributed by atoms with Crippen molar-refractivity contribution in [1.82, 2.24) is 9.97 Å². The lowest BCUT2D eigenvalue weighted by Crippen LogP contribution is -2.16. The van der Waals surface area contributed by atoms with E-state index in [9.17, 15) is 19.2 Å². The molecule has 0 aliphatic carbocycles. The molecule has 0 amide bonds. The molecule has 0 unspecified atom stereocenters. The molecule has 3 aromatic rings. The zero-order valence-electron chi connectivity index (χ0n) is 15.8. The average Bonchev–Trinajstić information content (AvgIpc) is 2.70. The maximum atomic E-state index is 12.9. The Kier molecular flexibility index (Phi) is 5.30. The number of nitrogens with one attached hydrogen (secondary N) is 2. The molecule has 0 saturated carbocycles. The van der Waals surface area contributed by atoms with E-state index >= 15 is 0 Å². The first-order valence-corrected chi connectivity index (χ1v) is 8.83. The molecule has 0 radical (unpaired) electrons. The molecular formula is C20H20N2O6. The van der Waals surface area contributed by atoms with Gasteiger partial charge in [-0.3, -0.25) is 9.59 Å². The van der Waals surface area contributed by atoms with E-state index in [2.05, 4.69) is 14.7 Å². The van der Waals surface area contributed by atoms with Crippen LogP contribution in [0.15, 0.2) is 27.8 Å². The average molecular weight is 384 g/mol. The van der Waals surface area contributed by atoms with Crippen molar-refractivity contribution in [2.24, 2.45) is 0 Å². The van der Waals surface area contributed by atoms with Gasteiger partial charge in [0.25, 0.3) is 0 Å². The van der Waals surface area contributed by atoms with Crippen molar-refractivity contribution in [2.45, 2.75) is 26.2 Å². The van der Waals surface area contributed by atoms with E-state index in [1.165, 1.54) is 14.2 Å². The molecule has 3 rings (SSSR count). The van der Waals surface area contributed by atoms with Crippen LogP contribution in [0.5, 0.6) is 0 Å². The minimum atomic E-state index is -0.718. The number of carbonyl (C=O) groups excluding carboxylic acids is 2. The molecule has 28 heavy (non-hydrogen) atoms. The summed E-state index contributed by atoms with van der Waals surface area (Å²) in [5.41, 5.74) is 0.499. The van der Waals surface area contributed by atoms with Gasteiger partial charge in [0.2, 0.25) is 0 Å². The number of fused-ring (bicyclic) bond motifs is 3. The number of esters is 2. The molecule has 0 spiro atoms. The molecular weight excluding hydrogens is 364 g/mol. The largest absolute Gasteiger partial charge is 0.464 e. The van der Waals surface area contributed by atoms with Gasteiger partial charge >= 0.3 is 11.9 Å². The molecule has 0 aliphatic heterocycles. The van der Waals surface area contributed by atoms with Gasteiger partial charge < -0.3 is 19.4 Å².